The number of hydrogen-bond acceptors (Lipinski definition) is 4. The van der Waals surface area contributed by atoms with Gasteiger partial charge in [0.05, 0.1) is 24.1 Å². The van der Waals surface area contributed by atoms with E-state index in [-0.39, 0.29) is 17.9 Å². The Labute approximate surface area is 143 Å². The molecule has 6 nitrogen and oxygen atoms in total. The maximum Gasteiger partial charge on any atom is 0.306 e. The molecule has 2 rings (SSSR count). The van der Waals surface area contributed by atoms with Gasteiger partial charge in [-0.1, -0.05) is 0 Å². The zero-order valence-electron chi connectivity index (χ0n) is 13.1. The number of aliphatic carboxylic acids is 1. The minimum atomic E-state index is -0.799. The molecule has 1 aliphatic carbocycles. The van der Waals surface area contributed by atoms with Gasteiger partial charge in [-0.05, 0) is 54.2 Å². The molecule has 1 fully saturated rings. The highest BCUT2D eigenvalue weighted by Crippen LogP contribution is 2.36. The Morgan fingerprint density at radius 2 is 2.13 bits per heavy atom. The summed E-state index contributed by atoms with van der Waals surface area (Å²) < 4.78 is 11.4. The van der Waals surface area contributed by atoms with Crippen LogP contribution in [0.4, 0.5) is 0 Å². The summed E-state index contributed by atoms with van der Waals surface area (Å²) in [5, 5.41) is 11.9. The maximum atomic E-state index is 12.4. The Bertz CT molecular complexity index is 604. The number of methoxy groups -OCH3 is 1. The van der Waals surface area contributed by atoms with E-state index in [1.165, 1.54) is 7.11 Å². The molecule has 2 atom stereocenters. The largest absolute Gasteiger partial charge is 0.493 e. The van der Waals surface area contributed by atoms with E-state index < -0.39 is 5.97 Å². The second-order valence-corrected chi connectivity index (χ2v) is 6.30. The summed E-state index contributed by atoms with van der Waals surface area (Å²) in [6.45, 7) is 2.35. The number of carbonyl (C=O) groups excluding carboxylic acids is 1. The second-order valence-electron chi connectivity index (χ2n) is 5.44. The van der Waals surface area contributed by atoms with Crippen molar-refractivity contribution in [2.75, 3.05) is 13.7 Å². The minimum Gasteiger partial charge on any atom is -0.493 e. The Hall–Kier alpha value is -1.76. The molecular weight excluding hydrogens is 366 g/mol. The summed E-state index contributed by atoms with van der Waals surface area (Å²) in [5.41, 5.74) is 0.441. The number of carbonyl (C=O) groups is 2. The predicted octanol–water partition coefficient (Wildman–Crippen LogP) is 2.84. The molecule has 126 valence electrons. The molecule has 2 N–H and O–H groups in total. The molecule has 23 heavy (non-hydrogen) atoms. The van der Waals surface area contributed by atoms with E-state index in [0.29, 0.717) is 47.4 Å². The van der Waals surface area contributed by atoms with E-state index in [1.54, 1.807) is 12.1 Å². The smallest absolute Gasteiger partial charge is 0.306 e. The van der Waals surface area contributed by atoms with Crippen molar-refractivity contribution in [2.24, 2.45) is 5.92 Å². The predicted molar refractivity (Wildman–Crippen MR) is 88.1 cm³/mol. The highest BCUT2D eigenvalue weighted by Gasteiger charge is 2.30. The van der Waals surface area contributed by atoms with Crippen LogP contribution in [0.1, 0.15) is 36.5 Å². The van der Waals surface area contributed by atoms with Crippen LogP contribution in [0.3, 0.4) is 0 Å². The average molecular weight is 386 g/mol. The fourth-order valence-corrected chi connectivity index (χ4v) is 3.30. The molecular formula is C16H20BrNO5. The summed E-state index contributed by atoms with van der Waals surface area (Å²) in [5.74, 6) is -0.392. The van der Waals surface area contributed by atoms with Crippen molar-refractivity contribution in [1.82, 2.24) is 5.32 Å². The average Bonchev–Trinajstić information content (AvgIpc) is 2.97. The molecule has 0 unspecified atom stereocenters. The number of hydrogen-bond donors (Lipinski definition) is 2. The highest BCUT2D eigenvalue weighted by atomic mass is 79.9. The number of carboxylic acid groups (broad SMARTS) is 1. The molecule has 1 aromatic carbocycles. The van der Waals surface area contributed by atoms with Gasteiger partial charge in [0.15, 0.2) is 11.5 Å². The van der Waals surface area contributed by atoms with Crippen molar-refractivity contribution in [3.63, 3.8) is 0 Å². The lowest BCUT2D eigenvalue weighted by Gasteiger charge is -2.15. The first-order valence-corrected chi connectivity index (χ1v) is 8.29. The molecule has 7 heteroatoms. The number of nitrogens with one attached hydrogen (secondary N) is 1. The van der Waals surface area contributed by atoms with Crippen LogP contribution >= 0.6 is 15.9 Å². The summed E-state index contributed by atoms with van der Waals surface area (Å²) in [7, 11) is 1.51. The van der Waals surface area contributed by atoms with Crippen molar-refractivity contribution >= 4 is 27.8 Å². The van der Waals surface area contributed by atoms with E-state index in [2.05, 4.69) is 21.2 Å². The van der Waals surface area contributed by atoms with Gasteiger partial charge < -0.3 is 19.9 Å². The molecule has 1 amide bonds. The van der Waals surface area contributed by atoms with E-state index in [0.717, 1.165) is 0 Å². The lowest BCUT2D eigenvalue weighted by Crippen LogP contribution is -2.33. The highest BCUT2D eigenvalue weighted by molar-refractivity contribution is 9.10. The molecule has 1 aromatic rings. The summed E-state index contributed by atoms with van der Waals surface area (Å²) in [6, 6.07) is 3.18. The third-order valence-electron chi connectivity index (χ3n) is 3.90. The third-order valence-corrected chi connectivity index (χ3v) is 4.49. The number of halogens is 1. The van der Waals surface area contributed by atoms with E-state index in [9.17, 15) is 9.59 Å². The van der Waals surface area contributed by atoms with Gasteiger partial charge >= 0.3 is 5.97 Å². The Morgan fingerprint density at radius 3 is 2.70 bits per heavy atom. The van der Waals surface area contributed by atoms with E-state index in [4.69, 9.17) is 14.6 Å². The number of rotatable bonds is 6. The molecule has 1 aliphatic rings. The SMILES string of the molecule is CCOc1c(Br)cc(C(=O)N[C@@H]2CC[C@H](C(=O)O)C2)cc1OC. The summed E-state index contributed by atoms with van der Waals surface area (Å²) >= 11 is 3.39. The van der Waals surface area contributed by atoms with Crippen LogP contribution in [0.15, 0.2) is 16.6 Å². The fourth-order valence-electron chi connectivity index (χ4n) is 2.74. The van der Waals surface area contributed by atoms with Crippen LogP contribution in [0.2, 0.25) is 0 Å². The van der Waals surface area contributed by atoms with Gasteiger partial charge in [-0.15, -0.1) is 0 Å². The summed E-state index contributed by atoms with van der Waals surface area (Å²) in [4.78, 5) is 23.4. The lowest BCUT2D eigenvalue weighted by molar-refractivity contribution is -0.141. The number of carboxylic acids is 1. The zero-order valence-corrected chi connectivity index (χ0v) is 14.7. The number of ether oxygens (including phenoxy) is 2. The van der Waals surface area contributed by atoms with Crippen molar-refractivity contribution in [3.8, 4) is 11.5 Å². The Morgan fingerprint density at radius 1 is 1.39 bits per heavy atom. The van der Waals surface area contributed by atoms with Crippen LogP contribution in [-0.2, 0) is 4.79 Å². The van der Waals surface area contributed by atoms with Crippen molar-refractivity contribution in [1.29, 1.82) is 0 Å². The van der Waals surface area contributed by atoms with Gasteiger partial charge in [-0.3, -0.25) is 9.59 Å². The van der Waals surface area contributed by atoms with Crippen LogP contribution < -0.4 is 14.8 Å². The topological polar surface area (TPSA) is 84.9 Å². The van der Waals surface area contributed by atoms with Crippen LogP contribution in [0.25, 0.3) is 0 Å². The van der Waals surface area contributed by atoms with Gasteiger partial charge in [-0.25, -0.2) is 0 Å². The molecule has 0 bridgehead atoms. The van der Waals surface area contributed by atoms with Gasteiger partial charge in [0, 0.05) is 11.6 Å². The summed E-state index contributed by atoms with van der Waals surface area (Å²) in [6.07, 6.45) is 1.74. The molecule has 0 heterocycles. The van der Waals surface area contributed by atoms with Gasteiger partial charge in [0.25, 0.3) is 5.91 Å². The van der Waals surface area contributed by atoms with Crippen LogP contribution in [0, 0.1) is 5.92 Å². The van der Waals surface area contributed by atoms with Gasteiger partial charge in [-0.2, -0.15) is 0 Å². The number of amides is 1. The zero-order chi connectivity index (χ0) is 17.0. The first kappa shape index (κ1) is 17.6. The maximum absolute atomic E-state index is 12.4. The van der Waals surface area contributed by atoms with E-state index in [1.807, 2.05) is 6.92 Å². The van der Waals surface area contributed by atoms with Gasteiger partial charge in [0.1, 0.15) is 0 Å². The molecule has 0 saturated heterocycles. The lowest BCUT2D eigenvalue weighted by atomic mass is 10.1. The van der Waals surface area contributed by atoms with Crippen molar-refractivity contribution in [3.05, 3.63) is 22.2 Å². The fraction of sp³-hybridized carbons (Fsp3) is 0.500. The molecule has 0 spiro atoms. The number of benzene rings is 1. The Kier molecular flexibility index (Phi) is 5.87. The first-order valence-electron chi connectivity index (χ1n) is 7.50. The molecule has 0 aromatic heterocycles. The monoisotopic (exact) mass is 385 g/mol. The molecule has 0 aliphatic heterocycles. The quantitative estimate of drug-likeness (QED) is 0.786. The molecule has 1 saturated carbocycles. The van der Waals surface area contributed by atoms with Crippen LogP contribution in [-0.4, -0.2) is 36.7 Å². The third kappa shape index (κ3) is 4.16. The van der Waals surface area contributed by atoms with Gasteiger partial charge in [0.2, 0.25) is 0 Å². The van der Waals surface area contributed by atoms with E-state index >= 15 is 0 Å². The van der Waals surface area contributed by atoms with Crippen LogP contribution in [0.5, 0.6) is 11.5 Å². The standard InChI is InChI=1S/C16H20BrNO5/c1-3-23-14-12(17)7-10(8-13(14)22-2)15(19)18-11-5-4-9(6-11)16(20)21/h7-9,11H,3-6H2,1-2H3,(H,18,19)(H,20,21)/t9-,11+/m0/s1. The Balaban J connectivity index is 2.11. The molecule has 0 radical (unpaired) electrons. The normalized spacial score (nSPS) is 20.1. The second kappa shape index (κ2) is 7.68. The minimum absolute atomic E-state index is 0.111. The van der Waals surface area contributed by atoms with Crippen molar-refractivity contribution in [2.45, 2.75) is 32.2 Å². The van der Waals surface area contributed by atoms with Crippen molar-refractivity contribution < 1.29 is 24.2 Å². The first-order chi connectivity index (χ1) is 11.0.